The third-order valence-corrected chi connectivity index (χ3v) is 2.41. The molecule has 0 heterocycles. The van der Waals surface area contributed by atoms with Gasteiger partial charge in [0.15, 0.2) is 0 Å². The Morgan fingerprint density at radius 3 is 2.28 bits per heavy atom. The van der Waals surface area contributed by atoms with E-state index in [0.29, 0.717) is 12.3 Å². The Balaban J connectivity index is 2.60. The molecule has 0 saturated heterocycles. The molecule has 0 aliphatic carbocycles. The van der Waals surface area contributed by atoms with Crippen LogP contribution in [0.4, 0.5) is 4.79 Å². The van der Waals surface area contributed by atoms with Crippen molar-refractivity contribution in [3.63, 3.8) is 0 Å². The quantitative estimate of drug-likeness (QED) is 0.815. The molecule has 98 valence electrons. The summed E-state index contributed by atoms with van der Waals surface area (Å²) < 4.78 is 5.16. The molecule has 0 radical (unpaired) electrons. The first-order chi connectivity index (χ1) is 8.54. The number of hydrogen-bond donors (Lipinski definition) is 0. The van der Waals surface area contributed by atoms with E-state index in [-0.39, 0.29) is 12.5 Å². The van der Waals surface area contributed by atoms with E-state index in [0.717, 1.165) is 0 Å². The fourth-order valence-corrected chi connectivity index (χ4v) is 1.26. The fraction of sp³-hybridized carbons (Fsp3) is 0.385. The first kappa shape index (κ1) is 14.0. The molecule has 0 spiro atoms. The van der Waals surface area contributed by atoms with Crippen LogP contribution in [-0.4, -0.2) is 49.0 Å². The second kappa shape index (κ2) is 6.64. The zero-order valence-electron chi connectivity index (χ0n) is 10.9. The number of nitrogens with zero attached hydrogens (tertiary/aromatic N) is 2. The number of ether oxygens (including phenoxy) is 1. The summed E-state index contributed by atoms with van der Waals surface area (Å²) in [6.45, 7) is 2.25. The van der Waals surface area contributed by atoms with Crippen LogP contribution in [0.15, 0.2) is 30.3 Å². The number of carbonyl (C=O) groups excluding carboxylic acids is 2. The summed E-state index contributed by atoms with van der Waals surface area (Å²) in [4.78, 5) is 26.2. The van der Waals surface area contributed by atoms with E-state index in [9.17, 15) is 9.59 Å². The molecule has 1 rings (SSSR count). The van der Waals surface area contributed by atoms with Gasteiger partial charge in [0.2, 0.25) is 5.91 Å². The van der Waals surface area contributed by atoms with Crippen molar-refractivity contribution < 1.29 is 14.3 Å². The van der Waals surface area contributed by atoms with E-state index >= 15 is 0 Å². The highest BCUT2D eigenvalue weighted by molar-refractivity contribution is 5.82. The Hall–Kier alpha value is -2.04. The zero-order valence-corrected chi connectivity index (χ0v) is 10.9. The molecular weight excluding hydrogens is 232 g/mol. The summed E-state index contributed by atoms with van der Waals surface area (Å²) in [7, 11) is 3.30. The highest BCUT2D eigenvalue weighted by Gasteiger charge is 2.18. The molecule has 0 saturated carbocycles. The average Bonchev–Trinajstić information content (AvgIpc) is 2.36. The van der Waals surface area contributed by atoms with Crippen LogP contribution in [0.1, 0.15) is 6.92 Å². The van der Waals surface area contributed by atoms with Gasteiger partial charge in [-0.1, -0.05) is 18.2 Å². The van der Waals surface area contributed by atoms with E-state index in [1.807, 2.05) is 6.07 Å². The van der Waals surface area contributed by atoms with Gasteiger partial charge < -0.3 is 9.64 Å². The minimum absolute atomic E-state index is 0.0230. The third-order valence-electron chi connectivity index (χ3n) is 2.41. The Kier molecular flexibility index (Phi) is 5.17. The molecule has 5 heteroatoms. The minimum Gasteiger partial charge on any atom is -0.410 e. The van der Waals surface area contributed by atoms with Gasteiger partial charge in [-0.05, 0) is 19.1 Å². The number of carbonyl (C=O) groups is 2. The molecule has 0 bridgehead atoms. The number of likely N-dealkylation sites (N-methyl/N-ethyl adjacent to an activating group) is 2. The Bertz CT molecular complexity index is 404. The zero-order chi connectivity index (χ0) is 13.5. The summed E-state index contributed by atoms with van der Waals surface area (Å²) in [5.41, 5.74) is 0. The number of rotatable bonds is 4. The second-order valence-electron chi connectivity index (χ2n) is 3.98. The predicted octanol–water partition coefficient (Wildman–Crippen LogP) is 1.60. The molecule has 0 fully saturated rings. The number of para-hydroxylation sites is 1. The van der Waals surface area contributed by atoms with Gasteiger partial charge in [0.05, 0.1) is 0 Å². The number of benzene rings is 1. The summed E-state index contributed by atoms with van der Waals surface area (Å²) in [6, 6.07) is 8.79. The van der Waals surface area contributed by atoms with Gasteiger partial charge in [0.25, 0.3) is 0 Å². The van der Waals surface area contributed by atoms with E-state index in [2.05, 4.69) is 0 Å². The van der Waals surface area contributed by atoms with Crippen LogP contribution in [0.5, 0.6) is 5.75 Å². The normalized spacial score (nSPS) is 9.72. The van der Waals surface area contributed by atoms with E-state index < -0.39 is 6.09 Å². The topological polar surface area (TPSA) is 49.9 Å². The molecule has 2 amide bonds. The van der Waals surface area contributed by atoms with Gasteiger partial charge in [0.1, 0.15) is 12.3 Å². The first-order valence-corrected chi connectivity index (χ1v) is 5.76. The molecule has 0 unspecified atom stereocenters. The van der Waals surface area contributed by atoms with Crippen LogP contribution in [0.3, 0.4) is 0 Å². The van der Waals surface area contributed by atoms with Gasteiger partial charge in [-0.3, -0.25) is 9.69 Å². The summed E-state index contributed by atoms with van der Waals surface area (Å²) >= 11 is 0. The van der Waals surface area contributed by atoms with Crippen LogP contribution in [0.25, 0.3) is 0 Å². The molecule has 0 aliphatic rings. The molecule has 18 heavy (non-hydrogen) atoms. The standard InChI is InChI=1S/C13H18N2O3/c1-4-15(10-12(16)14(2)3)13(17)18-11-8-6-5-7-9-11/h5-9H,4,10H2,1-3H3. The van der Waals surface area contributed by atoms with Crippen molar-refractivity contribution in [3.8, 4) is 5.75 Å². The average molecular weight is 250 g/mol. The lowest BCUT2D eigenvalue weighted by atomic mass is 10.3. The smallest absolute Gasteiger partial charge is 0.410 e. The lowest BCUT2D eigenvalue weighted by Gasteiger charge is -2.21. The molecule has 1 aromatic carbocycles. The monoisotopic (exact) mass is 250 g/mol. The highest BCUT2D eigenvalue weighted by Crippen LogP contribution is 2.10. The molecule has 0 aliphatic heterocycles. The van der Waals surface area contributed by atoms with Crippen LogP contribution < -0.4 is 4.74 Å². The van der Waals surface area contributed by atoms with Crippen LogP contribution in [0.2, 0.25) is 0 Å². The van der Waals surface area contributed by atoms with Gasteiger partial charge in [0, 0.05) is 20.6 Å². The molecule has 0 aromatic heterocycles. The van der Waals surface area contributed by atoms with Gasteiger partial charge in [-0.15, -0.1) is 0 Å². The SMILES string of the molecule is CCN(CC(=O)N(C)C)C(=O)Oc1ccccc1. The molecular formula is C13H18N2O3. The molecule has 1 aromatic rings. The Morgan fingerprint density at radius 1 is 1.17 bits per heavy atom. The second-order valence-corrected chi connectivity index (χ2v) is 3.98. The fourth-order valence-electron chi connectivity index (χ4n) is 1.26. The number of amides is 2. The van der Waals surface area contributed by atoms with Gasteiger partial charge >= 0.3 is 6.09 Å². The van der Waals surface area contributed by atoms with Crippen molar-refractivity contribution in [2.24, 2.45) is 0 Å². The van der Waals surface area contributed by atoms with E-state index in [1.165, 1.54) is 9.80 Å². The maximum atomic E-state index is 11.8. The van der Waals surface area contributed by atoms with Gasteiger partial charge in [-0.25, -0.2) is 4.79 Å². The highest BCUT2D eigenvalue weighted by atomic mass is 16.6. The maximum Gasteiger partial charge on any atom is 0.415 e. The molecule has 0 N–H and O–H groups in total. The van der Waals surface area contributed by atoms with Crippen LogP contribution in [-0.2, 0) is 4.79 Å². The first-order valence-electron chi connectivity index (χ1n) is 5.76. The van der Waals surface area contributed by atoms with E-state index in [4.69, 9.17) is 4.74 Å². The predicted molar refractivity (Wildman–Crippen MR) is 68.4 cm³/mol. The lowest BCUT2D eigenvalue weighted by molar-refractivity contribution is -0.129. The molecule has 5 nitrogen and oxygen atoms in total. The van der Waals surface area contributed by atoms with Crippen LogP contribution >= 0.6 is 0 Å². The summed E-state index contributed by atoms with van der Waals surface area (Å²) in [5.74, 6) is 0.333. The van der Waals surface area contributed by atoms with Crippen molar-refractivity contribution in [1.29, 1.82) is 0 Å². The summed E-state index contributed by atoms with van der Waals surface area (Å²) in [6.07, 6.45) is -0.515. The van der Waals surface area contributed by atoms with Crippen molar-refractivity contribution in [2.75, 3.05) is 27.2 Å². The van der Waals surface area contributed by atoms with Gasteiger partial charge in [-0.2, -0.15) is 0 Å². The van der Waals surface area contributed by atoms with Crippen molar-refractivity contribution in [3.05, 3.63) is 30.3 Å². The molecule has 0 atom stereocenters. The maximum absolute atomic E-state index is 11.8. The van der Waals surface area contributed by atoms with Crippen molar-refractivity contribution >= 4 is 12.0 Å². The van der Waals surface area contributed by atoms with Crippen LogP contribution in [0, 0.1) is 0 Å². The minimum atomic E-state index is -0.515. The summed E-state index contributed by atoms with van der Waals surface area (Å²) in [5, 5.41) is 0. The number of hydrogen-bond acceptors (Lipinski definition) is 3. The van der Waals surface area contributed by atoms with E-state index in [1.54, 1.807) is 45.3 Å². The lowest BCUT2D eigenvalue weighted by Crippen LogP contribution is -2.41. The third kappa shape index (κ3) is 4.08. The van der Waals surface area contributed by atoms with Crippen molar-refractivity contribution in [1.82, 2.24) is 9.80 Å². The largest absolute Gasteiger partial charge is 0.415 e. The Labute approximate surface area is 107 Å². The Morgan fingerprint density at radius 2 is 1.78 bits per heavy atom. The van der Waals surface area contributed by atoms with Crippen molar-refractivity contribution in [2.45, 2.75) is 6.92 Å².